The van der Waals surface area contributed by atoms with Crippen LogP contribution in [0.25, 0.3) is 33.4 Å². The van der Waals surface area contributed by atoms with E-state index in [0.29, 0.717) is 46.0 Å². The molecular formula is C32H15BN4O4. The summed E-state index contributed by atoms with van der Waals surface area (Å²) in [6.07, 6.45) is 3.77. The van der Waals surface area contributed by atoms with Crippen LogP contribution in [0.2, 0.25) is 0 Å². The Kier molecular flexibility index (Phi) is 3.31. The normalized spacial score (nSPS) is 14.1. The number of imidazole rings is 2. The summed E-state index contributed by atoms with van der Waals surface area (Å²) in [5, 5.41) is 0. The SMILES string of the molecule is c1ccc2c(c1)Oc1cc3ncn4c3c(c1O2)B1c2c-4cccc2-n2cnc3cc4c(c1c32)Oc1ccccc1O4. The summed E-state index contributed by atoms with van der Waals surface area (Å²) in [6.45, 7) is -0.257. The van der Waals surface area contributed by atoms with E-state index in [1.165, 1.54) is 0 Å². The van der Waals surface area contributed by atoms with Crippen LogP contribution in [0, 0.1) is 0 Å². The van der Waals surface area contributed by atoms with Crippen LogP contribution in [0.1, 0.15) is 0 Å². The van der Waals surface area contributed by atoms with Crippen molar-refractivity contribution in [2.45, 2.75) is 0 Å². The van der Waals surface area contributed by atoms with Crippen molar-refractivity contribution in [2.75, 3.05) is 0 Å². The second kappa shape index (κ2) is 6.71. The minimum atomic E-state index is -0.257. The van der Waals surface area contributed by atoms with Crippen molar-refractivity contribution >= 4 is 45.2 Å². The topological polar surface area (TPSA) is 72.6 Å². The van der Waals surface area contributed by atoms with E-state index in [0.717, 1.165) is 49.8 Å². The monoisotopic (exact) mass is 530 g/mol. The maximum Gasteiger partial charge on any atom is 0.262 e. The van der Waals surface area contributed by atoms with Crippen molar-refractivity contribution in [1.29, 1.82) is 0 Å². The molecule has 4 aliphatic rings. The molecular weight excluding hydrogens is 515 g/mol. The summed E-state index contributed by atoms with van der Waals surface area (Å²) >= 11 is 0. The van der Waals surface area contributed by atoms with Gasteiger partial charge in [-0.05, 0) is 41.9 Å². The molecule has 4 aliphatic heterocycles. The van der Waals surface area contributed by atoms with Gasteiger partial charge in [0.1, 0.15) is 12.7 Å². The number of hydrogen-bond donors (Lipinski definition) is 0. The van der Waals surface area contributed by atoms with Crippen LogP contribution in [0.3, 0.4) is 0 Å². The summed E-state index contributed by atoms with van der Waals surface area (Å²) < 4.78 is 30.5. The lowest BCUT2D eigenvalue weighted by atomic mass is 9.33. The molecule has 5 aromatic carbocycles. The smallest absolute Gasteiger partial charge is 0.262 e. The van der Waals surface area contributed by atoms with E-state index in [9.17, 15) is 0 Å². The lowest BCUT2D eigenvalue weighted by Gasteiger charge is -2.35. The van der Waals surface area contributed by atoms with Crippen molar-refractivity contribution in [3.05, 3.63) is 91.5 Å². The van der Waals surface area contributed by atoms with Crippen molar-refractivity contribution < 1.29 is 18.9 Å². The van der Waals surface area contributed by atoms with Crippen LogP contribution in [0.5, 0.6) is 46.0 Å². The molecule has 7 aromatic rings. The molecule has 8 nitrogen and oxygen atoms in total. The van der Waals surface area contributed by atoms with Gasteiger partial charge in [0.25, 0.3) is 6.71 Å². The fraction of sp³-hybridized carbons (Fsp3) is 0. The number of para-hydroxylation sites is 4. The van der Waals surface area contributed by atoms with Crippen molar-refractivity contribution in [2.24, 2.45) is 0 Å². The predicted octanol–water partition coefficient (Wildman–Crippen LogP) is 5.30. The number of benzene rings is 5. The molecule has 0 fully saturated rings. The number of ether oxygens (including phenoxy) is 4. The maximum atomic E-state index is 6.68. The van der Waals surface area contributed by atoms with E-state index in [4.69, 9.17) is 28.9 Å². The molecule has 9 heteroatoms. The number of nitrogens with zero attached hydrogens (tertiary/aromatic N) is 4. The molecule has 0 aliphatic carbocycles. The van der Waals surface area contributed by atoms with Gasteiger partial charge in [-0.3, -0.25) is 9.13 Å². The largest absolute Gasteiger partial charge is 0.450 e. The average molecular weight is 530 g/mol. The van der Waals surface area contributed by atoms with E-state index >= 15 is 0 Å². The van der Waals surface area contributed by atoms with Gasteiger partial charge >= 0.3 is 0 Å². The fourth-order valence-corrected chi connectivity index (χ4v) is 6.98. The molecule has 190 valence electrons. The lowest BCUT2D eigenvalue weighted by molar-refractivity contribution is 0.362. The Morgan fingerprint density at radius 3 is 1.44 bits per heavy atom. The zero-order valence-electron chi connectivity index (χ0n) is 21.2. The average Bonchev–Trinajstić information content (AvgIpc) is 3.63. The third-order valence-corrected chi connectivity index (χ3v) is 8.58. The second-order valence-electron chi connectivity index (χ2n) is 10.6. The molecule has 0 saturated carbocycles. The molecule has 0 radical (unpaired) electrons. The highest BCUT2D eigenvalue weighted by Gasteiger charge is 2.46. The highest BCUT2D eigenvalue weighted by molar-refractivity contribution is 7.01. The molecule has 11 rings (SSSR count). The van der Waals surface area contributed by atoms with Gasteiger partial charge in [-0.15, -0.1) is 0 Å². The molecule has 0 unspecified atom stereocenters. The van der Waals surface area contributed by atoms with Crippen LogP contribution < -0.4 is 35.3 Å². The Labute approximate surface area is 232 Å². The summed E-state index contributed by atoms with van der Waals surface area (Å²) in [5.74, 6) is 5.35. The van der Waals surface area contributed by atoms with Gasteiger partial charge in [-0.25, -0.2) is 9.97 Å². The summed E-state index contributed by atoms with van der Waals surface area (Å²) in [5.41, 5.74) is 8.83. The number of hydrogen-bond acceptors (Lipinski definition) is 6. The van der Waals surface area contributed by atoms with E-state index < -0.39 is 0 Å². The molecule has 0 saturated heterocycles. The highest BCUT2D eigenvalue weighted by Crippen LogP contribution is 2.49. The standard InChI is InChI=1S/C32H15BN4O4/c1-3-10-22-20(8-1)38-24-12-16-29-27(31(24)40-22)33-26-18(36(29)14-34-16)6-5-7-19(26)37-15-35-17-13-25-32(28(33)30(17)37)41-23-11-4-2-9-21(23)39-25/h1-15H. The Hall–Kier alpha value is -5.70. The minimum Gasteiger partial charge on any atom is -0.450 e. The Morgan fingerprint density at radius 1 is 0.488 bits per heavy atom. The first-order chi connectivity index (χ1) is 20.3. The molecule has 0 spiro atoms. The fourth-order valence-electron chi connectivity index (χ4n) is 6.98. The number of fused-ring (bicyclic) bond motifs is 10. The Bertz CT molecular complexity index is 2200. The molecule has 0 amide bonds. The summed E-state index contributed by atoms with van der Waals surface area (Å²) in [7, 11) is 0. The zero-order chi connectivity index (χ0) is 26.4. The van der Waals surface area contributed by atoms with Gasteiger partial charge in [-0.2, -0.15) is 0 Å². The molecule has 0 N–H and O–H groups in total. The van der Waals surface area contributed by atoms with E-state index in [-0.39, 0.29) is 6.71 Å². The Morgan fingerprint density at radius 2 is 0.951 bits per heavy atom. The summed E-state index contributed by atoms with van der Waals surface area (Å²) in [6, 6.07) is 25.8. The first-order valence-electron chi connectivity index (χ1n) is 13.4. The number of rotatable bonds is 0. The molecule has 0 bridgehead atoms. The van der Waals surface area contributed by atoms with Gasteiger partial charge in [0, 0.05) is 34.4 Å². The lowest BCUT2D eigenvalue weighted by Crippen LogP contribution is -2.60. The third kappa shape index (κ3) is 2.32. The molecule has 0 atom stereocenters. The summed E-state index contributed by atoms with van der Waals surface area (Å²) in [4.78, 5) is 9.65. The molecule has 2 aromatic heterocycles. The maximum absolute atomic E-state index is 6.68. The first kappa shape index (κ1) is 20.2. The zero-order valence-corrected chi connectivity index (χ0v) is 21.2. The van der Waals surface area contributed by atoms with Crippen molar-refractivity contribution in [1.82, 2.24) is 19.1 Å². The highest BCUT2D eigenvalue weighted by atomic mass is 16.6. The predicted molar refractivity (Wildman–Crippen MR) is 154 cm³/mol. The minimum absolute atomic E-state index is 0.257. The third-order valence-electron chi connectivity index (χ3n) is 8.58. The van der Waals surface area contributed by atoms with Gasteiger partial charge in [0.2, 0.25) is 0 Å². The van der Waals surface area contributed by atoms with Gasteiger partial charge in [0.15, 0.2) is 46.0 Å². The van der Waals surface area contributed by atoms with Gasteiger partial charge in [-0.1, -0.05) is 30.3 Å². The molecule has 41 heavy (non-hydrogen) atoms. The number of aromatic nitrogens is 4. The first-order valence-corrected chi connectivity index (χ1v) is 13.4. The van der Waals surface area contributed by atoms with E-state index in [1.54, 1.807) is 0 Å². The van der Waals surface area contributed by atoms with Crippen LogP contribution in [-0.2, 0) is 0 Å². The van der Waals surface area contributed by atoms with Crippen molar-refractivity contribution in [3.8, 4) is 57.4 Å². The van der Waals surface area contributed by atoms with Gasteiger partial charge in [0.05, 0.1) is 22.1 Å². The quantitative estimate of drug-likeness (QED) is 0.248. The second-order valence-corrected chi connectivity index (χ2v) is 10.6. The van der Waals surface area contributed by atoms with Crippen LogP contribution in [0.4, 0.5) is 0 Å². The van der Waals surface area contributed by atoms with E-state index in [1.807, 2.05) is 73.3 Å². The molecule has 6 heterocycles. The Balaban J connectivity index is 1.30. The van der Waals surface area contributed by atoms with Crippen molar-refractivity contribution in [3.63, 3.8) is 0 Å². The van der Waals surface area contributed by atoms with E-state index in [2.05, 4.69) is 27.3 Å². The van der Waals surface area contributed by atoms with Crippen LogP contribution in [-0.4, -0.2) is 25.8 Å². The van der Waals surface area contributed by atoms with Gasteiger partial charge < -0.3 is 18.9 Å². The van der Waals surface area contributed by atoms with Crippen LogP contribution >= 0.6 is 0 Å². The van der Waals surface area contributed by atoms with Crippen LogP contribution in [0.15, 0.2) is 91.5 Å².